The molecule has 0 fully saturated rings. The Labute approximate surface area is 167 Å². The first-order chi connectivity index (χ1) is 14.0. The Morgan fingerprint density at radius 3 is 2.34 bits per heavy atom. The van der Waals surface area contributed by atoms with E-state index in [1.807, 2.05) is 28.8 Å². The minimum atomic E-state index is -3.50. The van der Waals surface area contributed by atoms with Crippen molar-refractivity contribution in [2.24, 2.45) is 0 Å². The minimum absolute atomic E-state index is 0.174. The normalized spacial score (nSPS) is 11.9. The van der Waals surface area contributed by atoms with Crippen molar-refractivity contribution in [3.8, 4) is 17.1 Å². The summed E-state index contributed by atoms with van der Waals surface area (Å²) in [5.74, 6) is 0.696. The minimum Gasteiger partial charge on any atom is -0.291 e. The van der Waals surface area contributed by atoms with Crippen molar-refractivity contribution in [2.75, 3.05) is 0 Å². The molecule has 3 N–H and O–H groups in total. The highest BCUT2D eigenvalue weighted by Gasteiger charge is 2.17. The number of aromatic nitrogens is 3. The smallest absolute Gasteiger partial charge is 0.291 e. The van der Waals surface area contributed by atoms with Gasteiger partial charge in [0, 0.05) is 17.4 Å². The maximum absolute atomic E-state index is 11.7. The molecule has 5 aromatic rings. The zero-order valence-electron chi connectivity index (χ0n) is 15.4. The molecule has 2 aromatic heterocycles. The van der Waals surface area contributed by atoms with Crippen LogP contribution in [0.3, 0.4) is 0 Å². The van der Waals surface area contributed by atoms with Gasteiger partial charge in [0.1, 0.15) is 10.7 Å². The summed E-state index contributed by atoms with van der Waals surface area (Å²) in [4.78, 5) is 9.29. The third kappa shape index (κ3) is 3.06. The second-order valence-electron chi connectivity index (χ2n) is 6.79. The maximum Gasteiger partial charge on any atom is 0.322 e. The summed E-state index contributed by atoms with van der Waals surface area (Å²) in [6, 6.07) is 24.9. The molecule has 142 valence electrons. The van der Waals surface area contributed by atoms with Crippen molar-refractivity contribution in [3.63, 3.8) is 0 Å². The fourth-order valence-electron chi connectivity index (χ4n) is 3.50. The van der Waals surface area contributed by atoms with E-state index in [1.54, 1.807) is 30.5 Å². The molecule has 0 amide bonds. The SMILES string of the molecule is [NH3+]S(=O)(=O)c1ccc(-c2nc3ncccc3n2-c2ccc3ccccc3c2)cc1. The van der Waals surface area contributed by atoms with Gasteiger partial charge in [-0.05, 0) is 59.3 Å². The molecule has 7 heteroatoms. The van der Waals surface area contributed by atoms with Crippen LogP contribution in [0.25, 0.3) is 39.0 Å². The third-order valence-electron chi connectivity index (χ3n) is 4.89. The molecule has 0 saturated heterocycles. The van der Waals surface area contributed by atoms with Crippen LogP contribution in [0.2, 0.25) is 0 Å². The van der Waals surface area contributed by atoms with Gasteiger partial charge in [-0.2, -0.15) is 8.42 Å². The van der Waals surface area contributed by atoms with Crippen LogP contribution in [-0.2, 0) is 10.0 Å². The largest absolute Gasteiger partial charge is 0.322 e. The van der Waals surface area contributed by atoms with E-state index in [4.69, 9.17) is 4.98 Å². The maximum atomic E-state index is 11.7. The zero-order valence-corrected chi connectivity index (χ0v) is 16.2. The van der Waals surface area contributed by atoms with E-state index >= 15 is 0 Å². The van der Waals surface area contributed by atoms with E-state index in [1.165, 1.54) is 0 Å². The van der Waals surface area contributed by atoms with Crippen molar-refractivity contribution in [1.82, 2.24) is 14.5 Å². The fourth-order valence-corrected chi connectivity index (χ4v) is 4.05. The highest BCUT2D eigenvalue weighted by atomic mass is 32.2. The lowest BCUT2D eigenvalue weighted by Crippen LogP contribution is -2.56. The van der Waals surface area contributed by atoms with Gasteiger partial charge in [0.2, 0.25) is 0 Å². The third-order valence-corrected chi connectivity index (χ3v) is 5.88. The Morgan fingerprint density at radius 2 is 1.59 bits per heavy atom. The quantitative estimate of drug-likeness (QED) is 0.503. The first-order valence-corrected chi connectivity index (χ1v) is 10.7. The van der Waals surface area contributed by atoms with Crippen LogP contribution in [0, 0.1) is 0 Å². The Kier molecular flexibility index (Phi) is 3.94. The van der Waals surface area contributed by atoms with Gasteiger partial charge in [0.15, 0.2) is 5.65 Å². The lowest BCUT2D eigenvalue weighted by molar-refractivity contribution is -0.164. The fraction of sp³-hybridized carbons (Fsp3) is 0. The van der Waals surface area contributed by atoms with E-state index in [0.29, 0.717) is 11.5 Å². The number of sulfonamides is 1. The van der Waals surface area contributed by atoms with Crippen LogP contribution in [0.1, 0.15) is 0 Å². The van der Waals surface area contributed by atoms with Crippen molar-refractivity contribution in [3.05, 3.63) is 85.1 Å². The molecule has 5 rings (SSSR count). The van der Waals surface area contributed by atoms with Crippen LogP contribution in [0.15, 0.2) is 90.0 Å². The van der Waals surface area contributed by atoms with Crippen LogP contribution in [-0.4, -0.2) is 23.0 Å². The van der Waals surface area contributed by atoms with Gasteiger partial charge in [-0.1, -0.05) is 30.3 Å². The number of hydrogen-bond donors (Lipinski definition) is 1. The molecule has 0 radical (unpaired) electrons. The summed E-state index contributed by atoms with van der Waals surface area (Å²) in [5.41, 5.74) is 3.27. The molecule has 0 saturated carbocycles. The number of nitrogens with zero attached hydrogens (tertiary/aromatic N) is 3. The van der Waals surface area contributed by atoms with Crippen LogP contribution < -0.4 is 5.14 Å². The molecule has 0 spiro atoms. The lowest BCUT2D eigenvalue weighted by Gasteiger charge is -2.11. The summed E-state index contributed by atoms with van der Waals surface area (Å²) in [6.07, 6.45) is 1.71. The molecule has 2 heterocycles. The number of rotatable bonds is 3. The average molecular weight is 401 g/mol. The van der Waals surface area contributed by atoms with Gasteiger partial charge >= 0.3 is 10.0 Å². The summed E-state index contributed by atoms with van der Waals surface area (Å²) >= 11 is 0. The lowest BCUT2D eigenvalue weighted by atomic mass is 10.1. The molecule has 3 aromatic carbocycles. The predicted octanol–water partition coefficient (Wildman–Crippen LogP) is 3.17. The topological polar surface area (TPSA) is 92.5 Å². The van der Waals surface area contributed by atoms with Gasteiger partial charge in [0.05, 0.1) is 5.52 Å². The van der Waals surface area contributed by atoms with Gasteiger partial charge in [0.25, 0.3) is 0 Å². The van der Waals surface area contributed by atoms with E-state index < -0.39 is 10.0 Å². The van der Waals surface area contributed by atoms with Crippen molar-refractivity contribution >= 4 is 32.0 Å². The Morgan fingerprint density at radius 1 is 0.828 bits per heavy atom. The number of benzene rings is 3. The zero-order chi connectivity index (χ0) is 20.0. The standard InChI is InChI=1S/C22H16N4O2S/c23-29(27,28)19-11-8-16(9-12-19)22-25-21-20(6-3-13-24-21)26(22)18-10-7-15-4-1-2-5-17(15)14-18/h1-14H,(H2,23,27,28)/p+1. The highest BCUT2D eigenvalue weighted by Crippen LogP contribution is 2.29. The molecular weight excluding hydrogens is 384 g/mol. The second-order valence-corrected chi connectivity index (χ2v) is 8.49. The van der Waals surface area contributed by atoms with E-state index in [-0.39, 0.29) is 4.90 Å². The molecule has 6 nitrogen and oxygen atoms in total. The number of pyridine rings is 1. The Hall–Kier alpha value is -3.55. The summed E-state index contributed by atoms with van der Waals surface area (Å²) in [7, 11) is -3.50. The van der Waals surface area contributed by atoms with E-state index in [9.17, 15) is 8.42 Å². The number of imidazole rings is 1. The molecular formula is C22H17N4O2S+. The molecule has 29 heavy (non-hydrogen) atoms. The molecule has 0 unspecified atom stereocenters. The summed E-state index contributed by atoms with van der Waals surface area (Å²) in [5, 5.41) is 5.50. The summed E-state index contributed by atoms with van der Waals surface area (Å²) in [6.45, 7) is 0. The van der Waals surface area contributed by atoms with Gasteiger partial charge in [-0.15, -0.1) is 0 Å². The van der Waals surface area contributed by atoms with Crippen molar-refractivity contribution < 1.29 is 13.6 Å². The molecule has 0 aliphatic carbocycles. The van der Waals surface area contributed by atoms with E-state index in [2.05, 4.69) is 40.5 Å². The van der Waals surface area contributed by atoms with Gasteiger partial charge < -0.3 is 0 Å². The first kappa shape index (κ1) is 17.5. The Bertz CT molecular complexity index is 1470. The van der Waals surface area contributed by atoms with E-state index in [0.717, 1.165) is 27.5 Å². The molecule has 0 atom stereocenters. The van der Waals surface area contributed by atoms with Crippen molar-refractivity contribution in [2.45, 2.75) is 4.90 Å². The molecule has 0 aliphatic heterocycles. The Balaban J connectivity index is 1.76. The van der Waals surface area contributed by atoms with Crippen molar-refractivity contribution in [1.29, 1.82) is 0 Å². The van der Waals surface area contributed by atoms with Gasteiger partial charge in [-0.3, -0.25) is 4.57 Å². The average Bonchev–Trinajstić information content (AvgIpc) is 3.12. The van der Waals surface area contributed by atoms with Crippen LogP contribution in [0.5, 0.6) is 0 Å². The summed E-state index contributed by atoms with van der Waals surface area (Å²) < 4.78 is 25.4. The van der Waals surface area contributed by atoms with Crippen LogP contribution >= 0.6 is 0 Å². The van der Waals surface area contributed by atoms with Crippen LogP contribution in [0.4, 0.5) is 0 Å². The first-order valence-electron chi connectivity index (χ1n) is 9.02. The van der Waals surface area contributed by atoms with Gasteiger partial charge in [-0.25, -0.2) is 15.1 Å². The monoisotopic (exact) mass is 401 g/mol. The number of hydrogen-bond acceptors (Lipinski definition) is 4. The predicted molar refractivity (Wildman–Crippen MR) is 112 cm³/mol. The second kappa shape index (κ2) is 6.51. The highest BCUT2D eigenvalue weighted by molar-refractivity contribution is 7.84. The molecule has 0 aliphatic rings. The number of quaternary nitrogens is 1. The number of fused-ring (bicyclic) bond motifs is 2. The molecule has 0 bridgehead atoms.